The summed E-state index contributed by atoms with van der Waals surface area (Å²) in [7, 11) is 0. The van der Waals surface area contributed by atoms with E-state index in [-0.39, 0.29) is 23.3 Å². The molecule has 1 aliphatic heterocycles. The van der Waals surface area contributed by atoms with Crippen LogP contribution in [0.15, 0.2) is 9.95 Å². The summed E-state index contributed by atoms with van der Waals surface area (Å²) in [6, 6.07) is 0. The molecule has 2 aromatic heterocycles. The lowest BCUT2D eigenvalue weighted by Crippen LogP contribution is -2.51. The molecule has 1 saturated heterocycles. The van der Waals surface area contributed by atoms with Crippen LogP contribution < -0.4 is 5.56 Å². The zero-order chi connectivity index (χ0) is 22.5. The fourth-order valence-corrected chi connectivity index (χ4v) is 5.50. The topological polar surface area (TPSA) is 84.7 Å². The molecule has 0 saturated carbocycles. The van der Waals surface area contributed by atoms with Gasteiger partial charge in [0.05, 0.1) is 17.7 Å². The highest BCUT2D eigenvalue weighted by Crippen LogP contribution is 2.28. The molecule has 0 atom stereocenters. The third-order valence-electron chi connectivity index (χ3n) is 5.47. The Labute approximate surface area is 190 Å². The van der Waals surface area contributed by atoms with E-state index in [1.54, 1.807) is 21.3 Å². The highest BCUT2D eigenvalue weighted by atomic mass is 32.2. The summed E-state index contributed by atoms with van der Waals surface area (Å²) in [6.07, 6.45) is 1.52. The number of carbonyl (C=O) groups excluding carboxylic acids is 2. The molecule has 0 unspecified atom stereocenters. The highest BCUT2D eigenvalue weighted by Gasteiger charge is 2.25. The van der Waals surface area contributed by atoms with E-state index in [1.807, 2.05) is 13.8 Å². The van der Waals surface area contributed by atoms with Crippen molar-refractivity contribution < 1.29 is 14.3 Å². The fourth-order valence-electron chi connectivity index (χ4n) is 3.50. The molecule has 3 heterocycles. The average molecular weight is 467 g/mol. The van der Waals surface area contributed by atoms with Crippen LogP contribution in [0.3, 0.4) is 0 Å². The number of thioether (sulfide) groups is 1. The Bertz CT molecular complexity index is 1010. The smallest absolute Gasteiger partial charge is 0.409 e. The van der Waals surface area contributed by atoms with Gasteiger partial charge in [0.2, 0.25) is 5.91 Å². The number of carbonyl (C=O) groups is 2. The first-order chi connectivity index (χ1) is 14.9. The lowest BCUT2D eigenvalue weighted by molar-refractivity contribution is -0.129. The van der Waals surface area contributed by atoms with Gasteiger partial charge in [0.1, 0.15) is 4.83 Å². The molecule has 1 fully saturated rings. The quantitative estimate of drug-likeness (QED) is 0.460. The van der Waals surface area contributed by atoms with Crippen molar-refractivity contribution in [3.05, 3.63) is 20.8 Å². The molecule has 2 amide bonds. The maximum absolute atomic E-state index is 13.2. The van der Waals surface area contributed by atoms with Crippen LogP contribution in [0.25, 0.3) is 10.2 Å². The number of unbranched alkanes of at least 4 members (excludes halogenated alkanes) is 1. The predicted octanol–water partition coefficient (Wildman–Crippen LogP) is 3.27. The van der Waals surface area contributed by atoms with Gasteiger partial charge in [-0.3, -0.25) is 14.2 Å². The number of amides is 2. The molecule has 31 heavy (non-hydrogen) atoms. The number of hydrogen-bond donors (Lipinski definition) is 0. The van der Waals surface area contributed by atoms with Gasteiger partial charge in [-0.2, -0.15) is 0 Å². The minimum Gasteiger partial charge on any atom is -0.450 e. The van der Waals surface area contributed by atoms with E-state index >= 15 is 0 Å². The first-order valence-corrected chi connectivity index (χ1v) is 12.5. The van der Waals surface area contributed by atoms with E-state index in [2.05, 4.69) is 6.92 Å². The number of piperazine rings is 1. The summed E-state index contributed by atoms with van der Waals surface area (Å²) in [6.45, 7) is 10.7. The minimum absolute atomic E-state index is 0.0107. The number of hydrogen-bond acceptors (Lipinski definition) is 7. The predicted molar refractivity (Wildman–Crippen MR) is 124 cm³/mol. The van der Waals surface area contributed by atoms with Gasteiger partial charge in [0, 0.05) is 37.6 Å². The Morgan fingerprint density at radius 2 is 1.81 bits per heavy atom. The van der Waals surface area contributed by atoms with E-state index in [4.69, 9.17) is 9.72 Å². The van der Waals surface area contributed by atoms with Gasteiger partial charge in [0.15, 0.2) is 5.16 Å². The standard InChI is InChI=1S/C21H30N4O4S2/c1-5-7-8-25-19(27)17-14(3)15(4)31-18(17)22-20(25)30-13-16(26)23-9-11-24(12-10-23)21(28)29-6-2/h5-13H2,1-4H3. The Morgan fingerprint density at radius 1 is 1.13 bits per heavy atom. The van der Waals surface area contributed by atoms with Crippen molar-refractivity contribution in [2.45, 2.75) is 52.2 Å². The lowest BCUT2D eigenvalue weighted by atomic mass is 10.2. The Kier molecular flexibility index (Phi) is 7.99. The van der Waals surface area contributed by atoms with Gasteiger partial charge in [0.25, 0.3) is 5.56 Å². The Hall–Kier alpha value is -2.07. The van der Waals surface area contributed by atoms with Crippen molar-refractivity contribution in [1.82, 2.24) is 19.4 Å². The molecule has 0 bridgehead atoms. The molecule has 2 aromatic rings. The largest absolute Gasteiger partial charge is 0.450 e. The van der Waals surface area contributed by atoms with Crippen LogP contribution in [0.5, 0.6) is 0 Å². The van der Waals surface area contributed by atoms with Crippen molar-refractivity contribution in [3.8, 4) is 0 Å². The van der Waals surface area contributed by atoms with Crippen LogP contribution in [0.1, 0.15) is 37.1 Å². The first-order valence-electron chi connectivity index (χ1n) is 10.7. The molecule has 0 aliphatic carbocycles. The van der Waals surface area contributed by atoms with E-state index in [1.165, 1.54) is 23.1 Å². The Morgan fingerprint density at radius 3 is 2.45 bits per heavy atom. The van der Waals surface area contributed by atoms with Crippen LogP contribution in [-0.4, -0.2) is 69.9 Å². The molecule has 3 rings (SSSR count). The first kappa shape index (κ1) is 23.6. The van der Waals surface area contributed by atoms with Crippen LogP contribution in [0.2, 0.25) is 0 Å². The number of fused-ring (bicyclic) bond motifs is 1. The maximum atomic E-state index is 13.2. The number of thiophene rings is 1. The van der Waals surface area contributed by atoms with Crippen molar-refractivity contribution in [1.29, 1.82) is 0 Å². The zero-order valence-corrected chi connectivity index (χ0v) is 20.2. The molecule has 0 N–H and O–H groups in total. The summed E-state index contributed by atoms with van der Waals surface area (Å²) >= 11 is 2.85. The van der Waals surface area contributed by atoms with Gasteiger partial charge < -0.3 is 14.5 Å². The third kappa shape index (κ3) is 5.23. The highest BCUT2D eigenvalue weighted by molar-refractivity contribution is 7.99. The van der Waals surface area contributed by atoms with E-state index in [0.29, 0.717) is 49.9 Å². The Balaban J connectivity index is 1.71. The van der Waals surface area contributed by atoms with Gasteiger partial charge in [-0.1, -0.05) is 25.1 Å². The molecule has 0 aromatic carbocycles. The molecular weight excluding hydrogens is 436 g/mol. The molecular formula is C21H30N4O4S2. The van der Waals surface area contributed by atoms with E-state index < -0.39 is 0 Å². The second-order valence-electron chi connectivity index (χ2n) is 7.52. The summed E-state index contributed by atoms with van der Waals surface area (Å²) in [5.41, 5.74) is 0.980. The SMILES string of the molecule is CCCCn1c(SCC(=O)N2CCN(C(=O)OCC)CC2)nc2sc(C)c(C)c2c1=O. The van der Waals surface area contributed by atoms with Crippen LogP contribution in [0.4, 0.5) is 4.79 Å². The number of aryl methyl sites for hydroxylation is 2. The van der Waals surface area contributed by atoms with Crippen LogP contribution in [-0.2, 0) is 16.1 Å². The van der Waals surface area contributed by atoms with Crippen LogP contribution >= 0.6 is 23.1 Å². The second kappa shape index (κ2) is 10.5. The molecule has 0 spiro atoms. The van der Waals surface area contributed by atoms with Crippen molar-refractivity contribution >= 4 is 45.3 Å². The minimum atomic E-state index is -0.331. The van der Waals surface area contributed by atoms with Gasteiger partial charge in [-0.25, -0.2) is 9.78 Å². The molecule has 10 heteroatoms. The van der Waals surface area contributed by atoms with Gasteiger partial charge >= 0.3 is 6.09 Å². The number of rotatable bonds is 7. The summed E-state index contributed by atoms with van der Waals surface area (Å²) in [5, 5.41) is 1.30. The second-order valence-corrected chi connectivity index (χ2v) is 9.67. The monoisotopic (exact) mass is 466 g/mol. The van der Waals surface area contributed by atoms with Gasteiger partial charge in [-0.05, 0) is 32.8 Å². The molecule has 0 radical (unpaired) electrons. The fraction of sp³-hybridized carbons (Fsp3) is 0.619. The van der Waals surface area contributed by atoms with Crippen molar-refractivity contribution in [2.24, 2.45) is 0 Å². The summed E-state index contributed by atoms with van der Waals surface area (Å²) in [5.74, 6) is 0.204. The number of nitrogens with zero attached hydrogens (tertiary/aromatic N) is 4. The van der Waals surface area contributed by atoms with Crippen molar-refractivity contribution in [3.63, 3.8) is 0 Å². The maximum Gasteiger partial charge on any atom is 0.409 e. The third-order valence-corrected chi connectivity index (χ3v) is 7.53. The number of aromatic nitrogens is 2. The van der Waals surface area contributed by atoms with Gasteiger partial charge in [-0.15, -0.1) is 11.3 Å². The summed E-state index contributed by atoms with van der Waals surface area (Å²) < 4.78 is 6.75. The molecule has 170 valence electrons. The normalized spacial score (nSPS) is 14.3. The van der Waals surface area contributed by atoms with Crippen LogP contribution in [0, 0.1) is 13.8 Å². The average Bonchev–Trinajstić information content (AvgIpc) is 3.05. The lowest BCUT2D eigenvalue weighted by Gasteiger charge is -2.34. The zero-order valence-electron chi connectivity index (χ0n) is 18.6. The molecule has 1 aliphatic rings. The summed E-state index contributed by atoms with van der Waals surface area (Å²) in [4.78, 5) is 47.7. The van der Waals surface area contributed by atoms with E-state index in [0.717, 1.165) is 28.1 Å². The number of ether oxygens (including phenoxy) is 1. The van der Waals surface area contributed by atoms with Crippen molar-refractivity contribution in [2.75, 3.05) is 38.5 Å². The molecule has 8 nitrogen and oxygen atoms in total. The van der Waals surface area contributed by atoms with E-state index in [9.17, 15) is 14.4 Å².